The lowest BCUT2D eigenvalue weighted by Crippen LogP contribution is -2.50. The zero-order valence-corrected chi connectivity index (χ0v) is 12.3. The number of hydrogen-bond acceptors (Lipinski definition) is 4. The first-order valence-electron chi connectivity index (χ1n) is 7.26. The molecule has 0 aromatic heterocycles. The van der Waals surface area contributed by atoms with E-state index in [9.17, 15) is 9.59 Å². The molecule has 0 saturated heterocycles. The summed E-state index contributed by atoms with van der Waals surface area (Å²) >= 11 is 0. The van der Waals surface area contributed by atoms with Crippen molar-refractivity contribution in [2.45, 2.75) is 38.5 Å². The van der Waals surface area contributed by atoms with Crippen LogP contribution in [0.5, 0.6) is 0 Å². The fourth-order valence-corrected chi connectivity index (χ4v) is 2.86. The van der Waals surface area contributed by atoms with Crippen molar-refractivity contribution < 1.29 is 19.4 Å². The Bertz CT molecular complexity index is 325. The topological polar surface area (TPSA) is 92.9 Å². The van der Waals surface area contributed by atoms with E-state index in [1.165, 1.54) is 12.0 Å². The Balaban J connectivity index is 2.84. The number of aliphatic carboxylic acids is 1. The van der Waals surface area contributed by atoms with Crippen molar-refractivity contribution >= 4 is 11.9 Å². The molecule has 0 radical (unpaired) electrons. The van der Waals surface area contributed by atoms with Crippen molar-refractivity contribution in [3.05, 3.63) is 0 Å². The molecule has 20 heavy (non-hydrogen) atoms. The quantitative estimate of drug-likeness (QED) is 0.677. The van der Waals surface area contributed by atoms with Gasteiger partial charge in [0.2, 0.25) is 5.91 Å². The van der Waals surface area contributed by atoms with Crippen molar-refractivity contribution in [2.24, 2.45) is 11.1 Å². The monoisotopic (exact) mass is 286 g/mol. The summed E-state index contributed by atoms with van der Waals surface area (Å²) in [7, 11) is 1.54. The van der Waals surface area contributed by atoms with Crippen LogP contribution in [0.3, 0.4) is 0 Å². The Kier molecular flexibility index (Phi) is 6.95. The van der Waals surface area contributed by atoms with Gasteiger partial charge in [0.1, 0.15) is 6.54 Å². The van der Waals surface area contributed by atoms with Crippen LogP contribution in [0.1, 0.15) is 38.5 Å². The highest BCUT2D eigenvalue weighted by Gasteiger charge is 2.40. The van der Waals surface area contributed by atoms with Crippen LogP contribution in [0.4, 0.5) is 0 Å². The minimum absolute atomic E-state index is 0.124. The summed E-state index contributed by atoms with van der Waals surface area (Å²) in [5, 5.41) is 8.98. The predicted octanol–water partition coefficient (Wildman–Crippen LogP) is 0.845. The number of rotatable bonds is 7. The maximum atomic E-state index is 12.8. The number of carbonyl (C=O) groups excluding carboxylic acids is 1. The highest BCUT2D eigenvalue weighted by Crippen LogP contribution is 2.35. The van der Waals surface area contributed by atoms with Crippen molar-refractivity contribution in [2.75, 3.05) is 33.4 Å². The lowest BCUT2D eigenvalue weighted by Gasteiger charge is -2.35. The average molecular weight is 286 g/mol. The Hall–Kier alpha value is -1.14. The number of amides is 1. The zero-order chi connectivity index (χ0) is 15.0. The highest BCUT2D eigenvalue weighted by atomic mass is 16.5. The van der Waals surface area contributed by atoms with Crippen LogP contribution in [-0.2, 0) is 14.3 Å². The molecular weight excluding hydrogens is 260 g/mol. The molecule has 0 bridgehead atoms. The molecule has 1 aliphatic carbocycles. The molecule has 0 spiro atoms. The predicted molar refractivity (Wildman–Crippen MR) is 75.3 cm³/mol. The van der Waals surface area contributed by atoms with Gasteiger partial charge in [-0.3, -0.25) is 9.59 Å². The fraction of sp³-hybridized carbons (Fsp3) is 0.857. The van der Waals surface area contributed by atoms with Crippen LogP contribution in [0.15, 0.2) is 0 Å². The Morgan fingerprint density at radius 2 is 1.85 bits per heavy atom. The number of methoxy groups -OCH3 is 1. The molecule has 1 saturated carbocycles. The second-order valence-electron chi connectivity index (χ2n) is 5.51. The molecule has 0 atom stereocenters. The van der Waals surface area contributed by atoms with Crippen LogP contribution >= 0.6 is 0 Å². The Morgan fingerprint density at radius 1 is 1.25 bits per heavy atom. The summed E-state index contributed by atoms with van der Waals surface area (Å²) in [6.07, 6.45) is 5.71. The van der Waals surface area contributed by atoms with E-state index in [4.69, 9.17) is 15.6 Å². The van der Waals surface area contributed by atoms with Gasteiger partial charge >= 0.3 is 5.97 Å². The number of nitrogens with two attached hydrogens (primary N) is 1. The molecule has 116 valence electrons. The molecule has 3 N–H and O–H groups in total. The van der Waals surface area contributed by atoms with Gasteiger partial charge in [0.15, 0.2) is 0 Å². The maximum absolute atomic E-state index is 12.8. The van der Waals surface area contributed by atoms with Gasteiger partial charge < -0.3 is 20.5 Å². The third-order valence-corrected chi connectivity index (χ3v) is 4.08. The molecule has 1 aliphatic rings. The van der Waals surface area contributed by atoms with E-state index < -0.39 is 11.4 Å². The third-order valence-electron chi connectivity index (χ3n) is 4.08. The van der Waals surface area contributed by atoms with Crippen molar-refractivity contribution in [3.63, 3.8) is 0 Å². The zero-order valence-electron chi connectivity index (χ0n) is 12.3. The second-order valence-corrected chi connectivity index (χ2v) is 5.51. The first-order valence-corrected chi connectivity index (χ1v) is 7.26. The lowest BCUT2D eigenvalue weighted by atomic mass is 9.79. The van der Waals surface area contributed by atoms with Gasteiger partial charge in [-0.05, 0) is 12.8 Å². The summed E-state index contributed by atoms with van der Waals surface area (Å²) in [4.78, 5) is 25.1. The van der Waals surface area contributed by atoms with Gasteiger partial charge in [-0.25, -0.2) is 0 Å². The Labute approximate surface area is 120 Å². The second kappa shape index (κ2) is 8.21. The van der Waals surface area contributed by atoms with E-state index >= 15 is 0 Å². The minimum atomic E-state index is -1.00. The van der Waals surface area contributed by atoms with E-state index in [1.807, 2.05) is 0 Å². The summed E-state index contributed by atoms with van der Waals surface area (Å²) in [5.74, 6) is -1.13. The van der Waals surface area contributed by atoms with E-state index in [0.717, 1.165) is 38.5 Å². The minimum Gasteiger partial charge on any atom is -0.480 e. The molecule has 0 unspecified atom stereocenters. The van der Waals surface area contributed by atoms with E-state index in [1.54, 1.807) is 0 Å². The molecule has 0 aliphatic heterocycles. The summed E-state index contributed by atoms with van der Waals surface area (Å²) in [6.45, 7) is 0.627. The molecule has 1 fully saturated rings. The van der Waals surface area contributed by atoms with Gasteiger partial charge in [0.25, 0.3) is 0 Å². The van der Waals surface area contributed by atoms with Crippen LogP contribution in [0, 0.1) is 5.41 Å². The molecular formula is C14H26N2O4. The molecule has 0 heterocycles. The van der Waals surface area contributed by atoms with Crippen LogP contribution in [-0.4, -0.2) is 55.2 Å². The van der Waals surface area contributed by atoms with Gasteiger partial charge in [-0.2, -0.15) is 0 Å². The van der Waals surface area contributed by atoms with E-state index in [0.29, 0.717) is 13.2 Å². The molecule has 6 heteroatoms. The first-order chi connectivity index (χ1) is 9.55. The SMILES string of the molecule is COCCN(CC(=O)O)C(=O)C1(CN)CCCCCC1. The van der Waals surface area contributed by atoms with Gasteiger partial charge in [0, 0.05) is 20.2 Å². The highest BCUT2D eigenvalue weighted by molar-refractivity contribution is 5.86. The van der Waals surface area contributed by atoms with Crippen LogP contribution in [0.25, 0.3) is 0 Å². The summed E-state index contributed by atoms with van der Waals surface area (Å²) in [6, 6.07) is 0. The standard InChI is InChI=1S/C14H26N2O4/c1-20-9-8-16(10-12(17)18)13(19)14(11-15)6-4-2-3-5-7-14/h2-11,15H2,1H3,(H,17,18). The normalized spacial score (nSPS) is 18.3. The van der Waals surface area contributed by atoms with E-state index in [2.05, 4.69) is 0 Å². The largest absolute Gasteiger partial charge is 0.480 e. The molecule has 0 aromatic rings. The number of carboxylic acids is 1. The lowest BCUT2D eigenvalue weighted by molar-refractivity contribution is -0.150. The number of ether oxygens (including phenoxy) is 1. The fourth-order valence-electron chi connectivity index (χ4n) is 2.86. The van der Waals surface area contributed by atoms with Gasteiger partial charge in [-0.1, -0.05) is 25.7 Å². The maximum Gasteiger partial charge on any atom is 0.323 e. The molecule has 1 amide bonds. The number of carbonyl (C=O) groups is 2. The smallest absolute Gasteiger partial charge is 0.323 e. The van der Waals surface area contributed by atoms with E-state index in [-0.39, 0.29) is 19.0 Å². The average Bonchev–Trinajstić information content (AvgIpc) is 2.68. The summed E-state index contributed by atoms with van der Waals surface area (Å²) in [5.41, 5.74) is 5.30. The van der Waals surface area contributed by atoms with Gasteiger partial charge in [-0.15, -0.1) is 0 Å². The van der Waals surface area contributed by atoms with Crippen molar-refractivity contribution in [3.8, 4) is 0 Å². The Morgan fingerprint density at radius 3 is 2.30 bits per heavy atom. The number of nitrogens with zero attached hydrogens (tertiary/aromatic N) is 1. The number of carboxylic acid groups (broad SMARTS) is 1. The van der Waals surface area contributed by atoms with Crippen LogP contribution < -0.4 is 5.73 Å². The molecule has 0 aromatic carbocycles. The van der Waals surface area contributed by atoms with Crippen LogP contribution in [0.2, 0.25) is 0 Å². The first kappa shape index (κ1) is 16.9. The van der Waals surface area contributed by atoms with Crippen molar-refractivity contribution in [1.29, 1.82) is 0 Å². The van der Waals surface area contributed by atoms with Crippen molar-refractivity contribution in [1.82, 2.24) is 4.90 Å². The third kappa shape index (κ3) is 4.45. The summed E-state index contributed by atoms with van der Waals surface area (Å²) < 4.78 is 4.96. The van der Waals surface area contributed by atoms with Gasteiger partial charge in [0.05, 0.1) is 12.0 Å². The molecule has 6 nitrogen and oxygen atoms in total. The molecule has 1 rings (SSSR count). The number of hydrogen-bond donors (Lipinski definition) is 2.